The van der Waals surface area contributed by atoms with Crippen molar-refractivity contribution in [3.05, 3.63) is 47.8 Å². The normalized spacial score (nSPS) is 16.7. The van der Waals surface area contributed by atoms with Crippen LogP contribution in [0.1, 0.15) is 32.3 Å². The molecule has 1 aromatic heterocycles. The van der Waals surface area contributed by atoms with Crippen LogP contribution in [-0.4, -0.2) is 65.3 Å². The van der Waals surface area contributed by atoms with Crippen molar-refractivity contribution in [3.8, 4) is 5.75 Å². The van der Waals surface area contributed by atoms with Gasteiger partial charge < -0.3 is 36.0 Å². The van der Waals surface area contributed by atoms with Crippen molar-refractivity contribution in [3.63, 3.8) is 0 Å². The number of halogens is 2. The molecule has 10 nitrogen and oxygen atoms in total. The minimum absolute atomic E-state index is 0.0670. The average Bonchev–Trinajstić information content (AvgIpc) is 2.85. The van der Waals surface area contributed by atoms with Crippen molar-refractivity contribution < 1.29 is 18.6 Å². The van der Waals surface area contributed by atoms with E-state index in [1.165, 1.54) is 13.3 Å². The molecule has 1 unspecified atom stereocenters. The number of hydrogen-bond acceptors (Lipinski definition) is 10. The number of aliphatic hydroxyl groups is 1. The fourth-order valence-corrected chi connectivity index (χ4v) is 4.41. The molecule has 0 bridgehead atoms. The first-order valence-electron chi connectivity index (χ1n) is 12.4. The number of anilines is 6. The van der Waals surface area contributed by atoms with Crippen LogP contribution in [0.2, 0.25) is 0 Å². The lowest BCUT2D eigenvalue weighted by molar-refractivity contribution is 0.0534. The van der Waals surface area contributed by atoms with E-state index < -0.39 is 17.2 Å². The monoisotopic (exact) mass is 528 g/mol. The van der Waals surface area contributed by atoms with Crippen LogP contribution in [-0.2, 0) is 5.60 Å². The van der Waals surface area contributed by atoms with Gasteiger partial charge in [-0.15, -0.1) is 0 Å². The number of methoxy groups -OCH3 is 1. The number of hydrogen-bond donors (Lipinski definition) is 4. The summed E-state index contributed by atoms with van der Waals surface area (Å²) in [6, 6.07) is 5.97. The second-order valence-electron chi connectivity index (χ2n) is 9.83. The van der Waals surface area contributed by atoms with E-state index >= 15 is 0 Å². The van der Waals surface area contributed by atoms with Gasteiger partial charge in [0.15, 0.2) is 11.6 Å². The Morgan fingerprint density at radius 1 is 1.13 bits per heavy atom. The molecule has 1 fully saturated rings. The average molecular weight is 529 g/mol. The Balaban J connectivity index is 1.59. The summed E-state index contributed by atoms with van der Waals surface area (Å²) in [5, 5.41) is 16.7. The number of benzene rings is 2. The highest BCUT2D eigenvalue weighted by molar-refractivity contribution is 5.80. The van der Waals surface area contributed by atoms with Crippen molar-refractivity contribution in [2.24, 2.45) is 0 Å². The summed E-state index contributed by atoms with van der Waals surface area (Å²) < 4.78 is 33.6. The third kappa shape index (κ3) is 5.70. The zero-order valence-electron chi connectivity index (χ0n) is 22.2. The van der Waals surface area contributed by atoms with Crippen molar-refractivity contribution >= 4 is 34.6 Å². The van der Waals surface area contributed by atoms with E-state index in [-0.39, 0.29) is 29.6 Å². The van der Waals surface area contributed by atoms with Gasteiger partial charge in [-0.25, -0.2) is 18.7 Å². The number of rotatable bonds is 10. The maximum absolute atomic E-state index is 14.1. The summed E-state index contributed by atoms with van der Waals surface area (Å²) in [4.78, 5) is 17.0. The molecule has 5 N–H and O–H groups in total. The third-order valence-corrected chi connectivity index (χ3v) is 6.77. The molecule has 1 aliphatic rings. The quantitative estimate of drug-likeness (QED) is 0.287. The van der Waals surface area contributed by atoms with Gasteiger partial charge in [-0.05, 0) is 46.0 Å². The molecule has 2 heterocycles. The first-order chi connectivity index (χ1) is 18.0. The Labute approximate surface area is 220 Å². The maximum atomic E-state index is 14.1. The zero-order valence-corrected chi connectivity index (χ0v) is 22.2. The van der Waals surface area contributed by atoms with Gasteiger partial charge in [-0.3, -0.25) is 0 Å². The SMILES string of the molecule is CCC(C)(O)c1cc(F)c(F)cc1Nc1ncnc(Nc2cc(N)c(N3CC[C@@H]3CN(C)C)cc2OC)n1. The molecule has 0 spiro atoms. The van der Waals surface area contributed by atoms with E-state index in [0.717, 1.165) is 37.3 Å². The molecular formula is C26H34F2N8O2. The lowest BCUT2D eigenvalue weighted by atomic mass is 9.91. The number of nitrogens with zero attached hydrogens (tertiary/aromatic N) is 5. The van der Waals surface area contributed by atoms with Gasteiger partial charge >= 0.3 is 0 Å². The lowest BCUT2D eigenvalue weighted by Gasteiger charge is -2.44. The minimum Gasteiger partial charge on any atom is -0.494 e. The van der Waals surface area contributed by atoms with E-state index in [1.807, 2.05) is 20.2 Å². The van der Waals surface area contributed by atoms with Gasteiger partial charge in [0, 0.05) is 36.8 Å². The fraction of sp³-hybridized carbons (Fsp3) is 0.423. The van der Waals surface area contributed by atoms with Crippen molar-refractivity contribution in [2.45, 2.75) is 38.3 Å². The van der Waals surface area contributed by atoms with Crippen LogP contribution in [0.15, 0.2) is 30.6 Å². The summed E-state index contributed by atoms with van der Waals surface area (Å²) in [5.74, 6) is -1.32. The van der Waals surface area contributed by atoms with Crippen LogP contribution < -0.4 is 26.0 Å². The Kier molecular flexibility index (Phi) is 7.83. The van der Waals surface area contributed by atoms with Gasteiger partial charge in [0.2, 0.25) is 11.9 Å². The van der Waals surface area contributed by atoms with Crippen LogP contribution >= 0.6 is 0 Å². The minimum atomic E-state index is -1.40. The Hall–Kier alpha value is -3.77. The van der Waals surface area contributed by atoms with E-state index in [1.54, 1.807) is 20.1 Å². The molecule has 3 aromatic rings. The van der Waals surface area contributed by atoms with Gasteiger partial charge in [-0.1, -0.05) is 6.92 Å². The van der Waals surface area contributed by atoms with E-state index in [2.05, 4.69) is 35.4 Å². The summed E-state index contributed by atoms with van der Waals surface area (Å²) in [5.41, 5.74) is 7.37. The molecule has 1 saturated heterocycles. The first-order valence-corrected chi connectivity index (χ1v) is 12.4. The first kappa shape index (κ1) is 27.3. The Morgan fingerprint density at radius 2 is 1.79 bits per heavy atom. The summed E-state index contributed by atoms with van der Waals surface area (Å²) in [7, 11) is 5.66. The molecule has 0 radical (unpaired) electrons. The summed E-state index contributed by atoms with van der Waals surface area (Å²) in [6.07, 6.45) is 2.64. The predicted molar refractivity (Wildman–Crippen MR) is 144 cm³/mol. The second-order valence-corrected chi connectivity index (χ2v) is 9.83. The second kappa shape index (κ2) is 10.9. The van der Waals surface area contributed by atoms with Gasteiger partial charge in [-0.2, -0.15) is 4.98 Å². The van der Waals surface area contributed by atoms with E-state index in [4.69, 9.17) is 10.5 Å². The molecule has 38 heavy (non-hydrogen) atoms. The molecule has 2 aromatic carbocycles. The number of nitrogens with two attached hydrogens (primary N) is 1. The highest BCUT2D eigenvalue weighted by atomic mass is 19.2. The topological polar surface area (TPSA) is 125 Å². The standard InChI is InChI=1S/C26H34F2N8O2/c1-6-26(2,37)16-9-17(27)18(28)10-20(16)32-24-30-14-31-25(34-24)33-21-11-19(29)22(12-23(21)38-5)36-8-7-15(36)13-35(3)4/h9-12,14-15,37H,6-8,13,29H2,1-5H3,(H2,30,31,32,33,34)/t15-,26?/m1/s1. The fourth-order valence-electron chi connectivity index (χ4n) is 4.41. The maximum Gasteiger partial charge on any atom is 0.232 e. The molecule has 0 saturated carbocycles. The van der Waals surface area contributed by atoms with Gasteiger partial charge in [0.05, 0.1) is 35.5 Å². The molecule has 2 atom stereocenters. The smallest absolute Gasteiger partial charge is 0.232 e. The highest BCUT2D eigenvalue weighted by Gasteiger charge is 2.31. The molecule has 0 amide bonds. The predicted octanol–water partition coefficient (Wildman–Crippen LogP) is 3.99. The van der Waals surface area contributed by atoms with Gasteiger partial charge in [0.1, 0.15) is 12.1 Å². The van der Waals surface area contributed by atoms with Gasteiger partial charge in [0.25, 0.3) is 0 Å². The van der Waals surface area contributed by atoms with Crippen LogP contribution in [0.3, 0.4) is 0 Å². The van der Waals surface area contributed by atoms with E-state index in [9.17, 15) is 13.9 Å². The molecular weight excluding hydrogens is 494 g/mol. The van der Waals surface area contributed by atoms with Crippen LogP contribution in [0, 0.1) is 11.6 Å². The summed E-state index contributed by atoms with van der Waals surface area (Å²) in [6.45, 7) is 5.10. The van der Waals surface area contributed by atoms with E-state index in [0.29, 0.717) is 23.2 Å². The highest BCUT2D eigenvalue weighted by Crippen LogP contribution is 2.40. The molecule has 4 rings (SSSR count). The molecule has 0 aliphatic carbocycles. The Morgan fingerprint density at radius 3 is 2.37 bits per heavy atom. The number of likely N-dealkylation sites (N-methyl/N-ethyl adjacent to an activating group) is 1. The van der Waals surface area contributed by atoms with Crippen molar-refractivity contribution in [1.29, 1.82) is 0 Å². The van der Waals surface area contributed by atoms with Crippen LogP contribution in [0.25, 0.3) is 0 Å². The number of nitrogen functional groups attached to an aromatic ring is 1. The largest absolute Gasteiger partial charge is 0.494 e. The zero-order chi connectivity index (χ0) is 27.6. The van der Waals surface area contributed by atoms with Crippen molar-refractivity contribution in [2.75, 3.05) is 55.6 Å². The lowest BCUT2D eigenvalue weighted by Crippen LogP contribution is -2.52. The van der Waals surface area contributed by atoms with Crippen molar-refractivity contribution in [1.82, 2.24) is 19.9 Å². The number of nitrogens with one attached hydrogen (secondary N) is 2. The molecule has 1 aliphatic heterocycles. The van der Waals surface area contributed by atoms with Crippen LogP contribution in [0.5, 0.6) is 5.75 Å². The summed E-state index contributed by atoms with van der Waals surface area (Å²) >= 11 is 0. The third-order valence-electron chi connectivity index (χ3n) is 6.77. The molecule has 204 valence electrons. The Bertz CT molecular complexity index is 1300. The number of aromatic nitrogens is 3. The number of ether oxygens (including phenoxy) is 1. The molecule has 12 heteroatoms. The van der Waals surface area contributed by atoms with Crippen LogP contribution in [0.4, 0.5) is 43.4 Å².